The minimum Gasteiger partial charge on any atom is -0.490 e. The van der Waals surface area contributed by atoms with Crippen molar-refractivity contribution < 1.29 is 19.1 Å². The molecule has 128 valence electrons. The number of hydrogen-bond donors (Lipinski definition) is 1. The van der Waals surface area contributed by atoms with Crippen LogP contribution in [0.25, 0.3) is 0 Å². The molecule has 6 nitrogen and oxygen atoms in total. The van der Waals surface area contributed by atoms with Crippen molar-refractivity contribution in [3.8, 4) is 5.75 Å². The molecule has 0 spiro atoms. The van der Waals surface area contributed by atoms with Crippen LogP contribution in [0.1, 0.15) is 26.3 Å². The van der Waals surface area contributed by atoms with E-state index in [0.29, 0.717) is 23.5 Å². The third-order valence-corrected chi connectivity index (χ3v) is 3.20. The van der Waals surface area contributed by atoms with E-state index in [0.717, 1.165) is 5.56 Å². The Kier molecular flexibility index (Phi) is 6.47. The smallest absolute Gasteiger partial charge is 0.337 e. The fraction of sp³-hybridized carbons (Fsp3) is 0.105. The SMILES string of the molecule is C=CCOc1ccc(C(=O)N/N=C/c2ccc(C(=O)OC)cc2)cc1. The maximum absolute atomic E-state index is 12.0. The highest BCUT2D eigenvalue weighted by Gasteiger charge is 2.05. The maximum Gasteiger partial charge on any atom is 0.337 e. The average Bonchev–Trinajstić information content (AvgIpc) is 2.66. The van der Waals surface area contributed by atoms with E-state index in [9.17, 15) is 9.59 Å². The van der Waals surface area contributed by atoms with Crippen LogP contribution in [0.15, 0.2) is 66.3 Å². The normalized spacial score (nSPS) is 10.3. The van der Waals surface area contributed by atoms with Gasteiger partial charge in [-0.15, -0.1) is 0 Å². The standard InChI is InChI=1S/C19H18N2O4/c1-3-12-25-17-10-8-15(9-11-17)18(22)21-20-13-14-4-6-16(7-5-14)19(23)24-2/h3-11,13H,1,12H2,2H3,(H,21,22)/b20-13+. The van der Waals surface area contributed by atoms with Crippen LogP contribution in [0, 0.1) is 0 Å². The molecule has 0 aliphatic carbocycles. The molecule has 0 radical (unpaired) electrons. The summed E-state index contributed by atoms with van der Waals surface area (Å²) in [6.07, 6.45) is 3.13. The van der Waals surface area contributed by atoms with E-state index in [1.165, 1.54) is 13.3 Å². The number of ether oxygens (including phenoxy) is 2. The Morgan fingerprint density at radius 2 is 1.72 bits per heavy atom. The van der Waals surface area contributed by atoms with Gasteiger partial charge >= 0.3 is 5.97 Å². The van der Waals surface area contributed by atoms with Crippen LogP contribution in [0.4, 0.5) is 0 Å². The van der Waals surface area contributed by atoms with Gasteiger partial charge in [-0.25, -0.2) is 10.2 Å². The zero-order valence-electron chi connectivity index (χ0n) is 13.8. The molecule has 0 aliphatic heterocycles. The first kappa shape index (κ1) is 17.9. The Hall–Kier alpha value is -3.41. The molecule has 2 aromatic rings. The predicted molar refractivity (Wildman–Crippen MR) is 95.0 cm³/mol. The number of benzene rings is 2. The lowest BCUT2D eigenvalue weighted by Crippen LogP contribution is -2.17. The van der Waals surface area contributed by atoms with Crippen LogP contribution >= 0.6 is 0 Å². The van der Waals surface area contributed by atoms with E-state index in [2.05, 4.69) is 21.8 Å². The molecule has 25 heavy (non-hydrogen) atoms. The fourth-order valence-corrected chi connectivity index (χ4v) is 1.91. The maximum atomic E-state index is 12.0. The van der Waals surface area contributed by atoms with Gasteiger partial charge in [0.15, 0.2) is 0 Å². The summed E-state index contributed by atoms with van der Waals surface area (Å²) in [6, 6.07) is 13.3. The van der Waals surface area contributed by atoms with E-state index in [4.69, 9.17) is 4.74 Å². The lowest BCUT2D eigenvalue weighted by molar-refractivity contribution is 0.0600. The summed E-state index contributed by atoms with van der Waals surface area (Å²) in [6.45, 7) is 3.98. The molecule has 0 unspecified atom stereocenters. The molecule has 0 bridgehead atoms. The molecule has 0 aliphatic rings. The number of amides is 1. The Morgan fingerprint density at radius 1 is 1.08 bits per heavy atom. The minimum atomic E-state index is -0.405. The molecule has 1 amide bonds. The summed E-state index contributed by atoms with van der Waals surface area (Å²) in [5.41, 5.74) is 4.09. The minimum absolute atomic E-state index is 0.335. The number of nitrogens with zero attached hydrogens (tertiary/aromatic N) is 1. The van der Waals surface area contributed by atoms with E-state index in [-0.39, 0.29) is 5.91 Å². The number of hydrogen-bond acceptors (Lipinski definition) is 5. The highest BCUT2D eigenvalue weighted by Crippen LogP contribution is 2.12. The molecule has 0 atom stereocenters. The van der Waals surface area contributed by atoms with Crippen molar-refractivity contribution in [3.63, 3.8) is 0 Å². The summed E-state index contributed by atoms with van der Waals surface area (Å²) in [7, 11) is 1.32. The van der Waals surface area contributed by atoms with Crippen molar-refractivity contribution in [2.24, 2.45) is 5.10 Å². The van der Waals surface area contributed by atoms with Gasteiger partial charge < -0.3 is 9.47 Å². The number of methoxy groups -OCH3 is 1. The zero-order valence-corrected chi connectivity index (χ0v) is 13.8. The van der Waals surface area contributed by atoms with Gasteiger partial charge in [-0.2, -0.15) is 5.10 Å². The second kappa shape index (κ2) is 9.02. The molecule has 6 heteroatoms. The van der Waals surface area contributed by atoms with Gasteiger partial charge in [0.1, 0.15) is 12.4 Å². The van der Waals surface area contributed by atoms with Crippen molar-refractivity contribution in [2.45, 2.75) is 0 Å². The summed E-state index contributed by atoms with van der Waals surface area (Å²) >= 11 is 0. The molecule has 0 saturated carbocycles. The lowest BCUT2D eigenvalue weighted by atomic mass is 10.1. The van der Waals surface area contributed by atoms with E-state index in [1.807, 2.05) is 0 Å². The van der Waals surface area contributed by atoms with Crippen molar-refractivity contribution in [2.75, 3.05) is 13.7 Å². The topological polar surface area (TPSA) is 77.0 Å². The van der Waals surface area contributed by atoms with Crippen molar-refractivity contribution in [1.82, 2.24) is 5.43 Å². The van der Waals surface area contributed by atoms with Crippen LogP contribution in [0.2, 0.25) is 0 Å². The van der Waals surface area contributed by atoms with Crippen LogP contribution in [0.5, 0.6) is 5.75 Å². The predicted octanol–water partition coefficient (Wildman–Crippen LogP) is 2.80. The van der Waals surface area contributed by atoms with Crippen LogP contribution in [-0.2, 0) is 4.74 Å². The third-order valence-electron chi connectivity index (χ3n) is 3.20. The van der Waals surface area contributed by atoms with Crippen LogP contribution in [0.3, 0.4) is 0 Å². The van der Waals surface area contributed by atoms with Gasteiger partial charge in [-0.05, 0) is 42.0 Å². The van der Waals surface area contributed by atoms with Gasteiger partial charge in [0.2, 0.25) is 0 Å². The van der Waals surface area contributed by atoms with Gasteiger partial charge in [-0.3, -0.25) is 4.79 Å². The first-order chi connectivity index (χ1) is 12.1. The monoisotopic (exact) mass is 338 g/mol. The number of hydrazone groups is 1. The Balaban J connectivity index is 1.91. The van der Waals surface area contributed by atoms with Gasteiger partial charge in [0.25, 0.3) is 5.91 Å². The third kappa shape index (κ3) is 5.31. The number of rotatable bonds is 7. The molecular formula is C19H18N2O4. The van der Waals surface area contributed by atoms with Crippen molar-refractivity contribution in [3.05, 3.63) is 77.9 Å². The van der Waals surface area contributed by atoms with Crippen LogP contribution in [-0.4, -0.2) is 31.8 Å². The van der Waals surface area contributed by atoms with Crippen LogP contribution < -0.4 is 10.2 Å². The average molecular weight is 338 g/mol. The highest BCUT2D eigenvalue weighted by atomic mass is 16.5. The number of carbonyl (C=O) groups is 2. The zero-order chi connectivity index (χ0) is 18.1. The highest BCUT2D eigenvalue weighted by molar-refractivity contribution is 5.95. The molecule has 0 heterocycles. The molecule has 2 rings (SSSR count). The second-order valence-electron chi connectivity index (χ2n) is 4.94. The van der Waals surface area contributed by atoms with Crippen molar-refractivity contribution in [1.29, 1.82) is 0 Å². The lowest BCUT2D eigenvalue weighted by Gasteiger charge is -2.04. The van der Waals surface area contributed by atoms with E-state index >= 15 is 0 Å². The quantitative estimate of drug-likeness (QED) is 0.364. The summed E-state index contributed by atoms with van der Waals surface area (Å²) in [5, 5.41) is 3.90. The molecule has 1 N–H and O–H groups in total. The number of nitrogens with one attached hydrogen (secondary N) is 1. The summed E-state index contributed by atoms with van der Waals surface area (Å²) in [5.74, 6) is -0.0827. The molecule has 0 fully saturated rings. The first-order valence-corrected chi connectivity index (χ1v) is 7.49. The second-order valence-corrected chi connectivity index (χ2v) is 4.94. The van der Waals surface area contributed by atoms with Gasteiger partial charge in [-0.1, -0.05) is 24.8 Å². The van der Waals surface area contributed by atoms with E-state index < -0.39 is 5.97 Å². The molecule has 0 aromatic heterocycles. The Bertz CT molecular complexity index is 765. The van der Waals surface area contributed by atoms with Gasteiger partial charge in [0, 0.05) is 5.56 Å². The summed E-state index contributed by atoms with van der Waals surface area (Å²) < 4.78 is 9.98. The largest absolute Gasteiger partial charge is 0.490 e. The van der Waals surface area contributed by atoms with Gasteiger partial charge in [0.05, 0.1) is 18.9 Å². The Labute approximate surface area is 145 Å². The van der Waals surface area contributed by atoms with Crippen molar-refractivity contribution >= 4 is 18.1 Å². The molecule has 0 saturated heterocycles. The van der Waals surface area contributed by atoms with E-state index in [1.54, 1.807) is 54.6 Å². The summed E-state index contributed by atoms with van der Waals surface area (Å²) in [4.78, 5) is 23.3. The Morgan fingerprint density at radius 3 is 2.32 bits per heavy atom. The number of carbonyl (C=O) groups excluding carboxylic acids is 2. The first-order valence-electron chi connectivity index (χ1n) is 7.49. The number of esters is 1. The molecule has 2 aromatic carbocycles. The molecular weight excluding hydrogens is 320 g/mol. The fourth-order valence-electron chi connectivity index (χ4n) is 1.91.